The summed E-state index contributed by atoms with van der Waals surface area (Å²) in [5.41, 5.74) is 2.84. The third-order valence-electron chi connectivity index (χ3n) is 6.20. The summed E-state index contributed by atoms with van der Waals surface area (Å²) >= 11 is 0. The third-order valence-corrected chi connectivity index (χ3v) is 6.20. The van der Waals surface area contributed by atoms with Crippen molar-refractivity contribution >= 4 is 21.5 Å². The van der Waals surface area contributed by atoms with Gasteiger partial charge in [-0.05, 0) is 39.1 Å². The molecule has 0 aliphatic heterocycles. The van der Waals surface area contributed by atoms with Gasteiger partial charge >= 0.3 is 0 Å². The molecule has 28 heavy (non-hydrogen) atoms. The second kappa shape index (κ2) is 8.19. The lowest BCUT2D eigenvalue weighted by atomic mass is 9.72. The van der Waals surface area contributed by atoms with Crippen LogP contribution in [0.25, 0.3) is 21.5 Å². The van der Waals surface area contributed by atoms with Gasteiger partial charge in [0.05, 0.1) is 0 Å². The monoisotopic (exact) mass is 365 g/mol. The number of hydrogen-bond donors (Lipinski definition) is 0. The van der Waals surface area contributed by atoms with Crippen molar-refractivity contribution in [2.75, 3.05) is 0 Å². The van der Waals surface area contributed by atoms with E-state index >= 15 is 0 Å². The minimum atomic E-state index is 0.00916. The average Bonchev–Trinajstić information content (AvgIpc) is 2.76. The molecule has 0 N–H and O–H groups in total. The number of fused-ring (bicyclic) bond motifs is 2. The van der Waals surface area contributed by atoms with Crippen LogP contribution in [-0.2, 0) is 5.41 Å². The molecule has 0 nitrogen and oxygen atoms in total. The molecular formula is C28H29. The Hall–Kier alpha value is -2.60. The molecule has 0 bridgehead atoms. The van der Waals surface area contributed by atoms with Crippen LogP contribution in [0.15, 0.2) is 84.9 Å². The molecule has 0 amide bonds. The first-order chi connectivity index (χ1) is 13.7. The molecule has 0 spiro atoms. The van der Waals surface area contributed by atoms with Gasteiger partial charge in [-0.1, -0.05) is 124 Å². The van der Waals surface area contributed by atoms with Crippen LogP contribution in [-0.4, -0.2) is 0 Å². The fraction of sp³-hybridized carbons (Fsp3) is 0.250. The molecule has 1 radical (unpaired) electrons. The van der Waals surface area contributed by atoms with Crippen LogP contribution in [0, 0.1) is 6.92 Å². The lowest BCUT2D eigenvalue weighted by Gasteiger charge is -2.32. The smallest absolute Gasteiger partial charge is 0.0175 e. The van der Waals surface area contributed by atoms with Crippen LogP contribution in [0.3, 0.4) is 0 Å². The third kappa shape index (κ3) is 3.69. The minimum Gasteiger partial charge on any atom is -0.0616 e. The molecule has 4 aromatic carbocycles. The zero-order valence-corrected chi connectivity index (χ0v) is 16.8. The summed E-state index contributed by atoms with van der Waals surface area (Å²) in [7, 11) is 0. The number of unbranched alkanes of at least 4 members (excludes halogenated alkanes) is 3. The molecule has 141 valence electrons. The van der Waals surface area contributed by atoms with Crippen LogP contribution in [0.1, 0.15) is 50.2 Å². The van der Waals surface area contributed by atoms with E-state index in [-0.39, 0.29) is 5.41 Å². The van der Waals surface area contributed by atoms with Gasteiger partial charge in [-0.15, -0.1) is 0 Å². The van der Waals surface area contributed by atoms with Crippen molar-refractivity contribution in [1.29, 1.82) is 0 Å². The maximum Gasteiger partial charge on any atom is 0.0175 e. The zero-order chi connectivity index (χ0) is 19.4. The van der Waals surface area contributed by atoms with E-state index in [1.807, 2.05) is 0 Å². The Morgan fingerprint density at radius 2 is 1.11 bits per heavy atom. The van der Waals surface area contributed by atoms with E-state index in [2.05, 4.69) is 98.8 Å². The standard InChI is InChI=1S/C28H29/c1-3-4-5-10-19-28(2,26-17-15-22-11-6-8-13-24(22)20-26)27-18-16-23-12-7-9-14-25(23)21-27/h6-9,11-18,20-21H,1,3-5,10,19H2,2H3. The summed E-state index contributed by atoms with van der Waals surface area (Å²) in [6.45, 7) is 6.43. The molecule has 0 aromatic heterocycles. The van der Waals surface area contributed by atoms with E-state index in [4.69, 9.17) is 0 Å². The Morgan fingerprint density at radius 1 is 0.607 bits per heavy atom. The van der Waals surface area contributed by atoms with Gasteiger partial charge in [0.1, 0.15) is 0 Å². The highest BCUT2D eigenvalue weighted by Gasteiger charge is 2.28. The van der Waals surface area contributed by atoms with Gasteiger partial charge in [0.15, 0.2) is 0 Å². The van der Waals surface area contributed by atoms with E-state index in [9.17, 15) is 0 Å². The Labute approximate surface area is 169 Å². The van der Waals surface area contributed by atoms with Gasteiger partial charge in [-0.25, -0.2) is 0 Å². The molecule has 4 aromatic rings. The van der Waals surface area contributed by atoms with Crippen molar-refractivity contribution in [3.05, 3.63) is 103 Å². The van der Waals surface area contributed by atoms with Crippen molar-refractivity contribution in [1.82, 2.24) is 0 Å². The summed E-state index contributed by atoms with van der Waals surface area (Å²) in [6.07, 6.45) is 5.88. The van der Waals surface area contributed by atoms with Gasteiger partial charge in [-0.2, -0.15) is 0 Å². The molecule has 0 saturated heterocycles. The van der Waals surface area contributed by atoms with Crippen LogP contribution in [0.2, 0.25) is 0 Å². The molecule has 0 saturated carbocycles. The molecular weight excluding hydrogens is 336 g/mol. The summed E-state index contributed by atoms with van der Waals surface area (Å²) in [4.78, 5) is 0. The molecule has 0 aliphatic carbocycles. The van der Waals surface area contributed by atoms with E-state index in [1.165, 1.54) is 51.9 Å². The van der Waals surface area contributed by atoms with Gasteiger partial charge in [-0.3, -0.25) is 0 Å². The minimum absolute atomic E-state index is 0.00916. The van der Waals surface area contributed by atoms with Crippen LogP contribution >= 0.6 is 0 Å². The lowest BCUT2D eigenvalue weighted by Crippen LogP contribution is -2.23. The van der Waals surface area contributed by atoms with Gasteiger partial charge in [0, 0.05) is 5.41 Å². The number of benzene rings is 4. The molecule has 0 fully saturated rings. The maximum atomic E-state index is 4.00. The molecule has 0 heterocycles. The topological polar surface area (TPSA) is 0 Å². The first-order valence-electron chi connectivity index (χ1n) is 10.5. The fourth-order valence-electron chi connectivity index (χ4n) is 4.35. The molecule has 0 heteroatoms. The molecule has 0 atom stereocenters. The van der Waals surface area contributed by atoms with Crippen molar-refractivity contribution in [2.45, 2.75) is 44.4 Å². The Morgan fingerprint density at radius 3 is 1.61 bits per heavy atom. The largest absolute Gasteiger partial charge is 0.0616 e. The van der Waals surface area contributed by atoms with E-state index < -0.39 is 0 Å². The Balaban J connectivity index is 1.79. The summed E-state index contributed by atoms with van der Waals surface area (Å²) in [5.74, 6) is 0. The predicted molar refractivity (Wildman–Crippen MR) is 123 cm³/mol. The second-order valence-corrected chi connectivity index (χ2v) is 8.12. The fourth-order valence-corrected chi connectivity index (χ4v) is 4.35. The molecule has 0 unspecified atom stereocenters. The quantitative estimate of drug-likeness (QED) is 0.290. The highest BCUT2D eigenvalue weighted by Crippen LogP contribution is 2.39. The Kier molecular flexibility index (Phi) is 5.48. The number of rotatable bonds is 7. The van der Waals surface area contributed by atoms with Gasteiger partial charge in [0.2, 0.25) is 0 Å². The van der Waals surface area contributed by atoms with Gasteiger partial charge < -0.3 is 0 Å². The van der Waals surface area contributed by atoms with Crippen LogP contribution in [0.5, 0.6) is 0 Å². The first kappa shape index (κ1) is 18.7. The SMILES string of the molecule is [CH2]CCCCCC(C)(c1ccc2ccccc2c1)c1ccc2ccccc2c1. The number of hydrogen-bond acceptors (Lipinski definition) is 0. The Bertz CT molecular complexity index is 994. The van der Waals surface area contributed by atoms with Crippen molar-refractivity contribution in [2.24, 2.45) is 0 Å². The lowest BCUT2D eigenvalue weighted by molar-refractivity contribution is 0.480. The highest BCUT2D eigenvalue weighted by molar-refractivity contribution is 5.85. The summed E-state index contributed by atoms with van der Waals surface area (Å²) < 4.78 is 0. The normalized spacial score (nSPS) is 11.9. The molecule has 4 rings (SSSR count). The highest BCUT2D eigenvalue weighted by atomic mass is 14.3. The van der Waals surface area contributed by atoms with E-state index in [1.54, 1.807) is 0 Å². The predicted octanol–water partition coefficient (Wildman–Crippen LogP) is 8.08. The van der Waals surface area contributed by atoms with Crippen LogP contribution < -0.4 is 0 Å². The van der Waals surface area contributed by atoms with Crippen molar-refractivity contribution in [3.63, 3.8) is 0 Å². The first-order valence-corrected chi connectivity index (χ1v) is 10.5. The zero-order valence-electron chi connectivity index (χ0n) is 16.8. The van der Waals surface area contributed by atoms with Crippen LogP contribution in [0.4, 0.5) is 0 Å². The van der Waals surface area contributed by atoms with Crippen molar-refractivity contribution < 1.29 is 0 Å². The maximum absolute atomic E-state index is 4.00. The van der Waals surface area contributed by atoms with Crippen molar-refractivity contribution in [3.8, 4) is 0 Å². The van der Waals surface area contributed by atoms with E-state index in [0.717, 1.165) is 12.8 Å². The second-order valence-electron chi connectivity index (χ2n) is 8.12. The summed E-state index contributed by atoms with van der Waals surface area (Å²) in [6, 6.07) is 31.3. The van der Waals surface area contributed by atoms with Gasteiger partial charge in [0.25, 0.3) is 0 Å². The molecule has 0 aliphatic rings. The summed E-state index contributed by atoms with van der Waals surface area (Å²) in [5, 5.41) is 5.27. The average molecular weight is 366 g/mol. The van der Waals surface area contributed by atoms with E-state index in [0.29, 0.717) is 0 Å².